The Morgan fingerprint density at radius 1 is 1.14 bits per heavy atom. The van der Waals surface area contributed by atoms with Gasteiger partial charge in [-0.2, -0.15) is 8.42 Å². The molecule has 0 aromatic heterocycles. The van der Waals surface area contributed by atoms with Crippen molar-refractivity contribution in [1.82, 2.24) is 4.90 Å². The molecule has 8 nitrogen and oxygen atoms in total. The van der Waals surface area contributed by atoms with Crippen LogP contribution in [0.25, 0.3) is 0 Å². The quantitative estimate of drug-likeness (QED) is 0.793. The predicted octanol–water partition coefficient (Wildman–Crippen LogP) is 1.59. The summed E-state index contributed by atoms with van der Waals surface area (Å²) >= 11 is 0. The number of nitrogens with zero attached hydrogens (tertiary/aromatic N) is 2. The first-order valence-corrected chi connectivity index (χ1v) is 10.7. The van der Waals surface area contributed by atoms with E-state index in [1.165, 1.54) is 6.07 Å². The SMILES string of the molecule is NC(=O)c1cccc(NC(=O)[C@H]2CCCN(C3=NS(=O)(=O)c4ccccc43)C2)c1. The zero-order valence-corrected chi connectivity index (χ0v) is 16.4. The first-order valence-electron chi connectivity index (χ1n) is 9.25. The number of carbonyl (C=O) groups is 2. The van der Waals surface area contributed by atoms with E-state index in [0.29, 0.717) is 42.2 Å². The lowest BCUT2D eigenvalue weighted by Crippen LogP contribution is -2.43. The van der Waals surface area contributed by atoms with E-state index >= 15 is 0 Å². The molecule has 2 amide bonds. The van der Waals surface area contributed by atoms with Gasteiger partial charge in [0.1, 0.15) is 4.90 Å². The van der Waals surface area contributed by atoms with Crippen LogP contribution in [0.15, 0.2) is 57.8 Å². The van der Waals surface area contributed by atoms with Crippen LogP contribution in [0.3, 0.4) is 0 Å². The summed E-state index contributed by atoms with van der Waals surface area (Å²) in [6.07, 6.45) is 1.42. The van der Waals surface area contributed by atoms with E-state index < -0.39 is 15.9 Å². The van der Waals surface area contributed by atoms with Gasteiger partial charge in [0.2, 0.25) is 11.8 Å². The normalized spacial score (nSPS) is 19.9. The van der Waals surface area contributed by atoms with Crippen molar-refractivity contribution in [1.29, 1.82) is 0 Å². The summed E-state index contributed by atoms with van der Waals surface area (Å²) < 4.78 is 28.6. The number of hydrogen-bond donors (Lipinski definition) is 2. The molecule has 2 aromatic rings. The number of amidine groups is 1. The zero-order valence-electron chi connectivity index (χ0n) is 15.5. The highest BCUT2D eigenvalue weighted by molar-refractivity contribution is 7.90. The molecular weight excluding hydrogens is 392 g/mol. The summed E-state index contributed by atoms with van der Waals surface area (Å²) in [5.74, 6) is -0.692. The maximum absolute atomic E-state index is 12.8. The van der Waals surface area contributed by atoms with Crippen molar-refractivity contribution in [3.8, 4) is 0 Å². The van der Waals surface area contributed by atoms with Gasteiger partial charge in [0.25, 0.3) is 10.0 Å². The molecule has 150 valence electrons. The standard InChI is InChI=1S/C20H20N4O4S/c21-18(25)13-5-3-7-15(11-13)22-20(26)14-6-4-10-24(12-14)19-16-8-1-2-9-17(16)29(27,28)23-19/h1-3,5,7-9,11,14H,4,6,10,12H2,(H2,21,25)(H,22,26)/t14-/m0/s1. The number of rotatable bonds is 3. The van der Waals surface area contributed by atoms with Crippen LogP contribution in [0, 0.1) is 5.92 Å². The number of carbonyl (C=O) groups excluding carboxylic acids is 2. The maximum atomic E-state index is 12.8. The highest BCUT2D eigenvalue weighted by Gasteiger charge is 2.35. The minimum atomic E-state index is -3.70. The number of nitrogens with one attached hydrogen (secondary N) is 1. The topological polar surface area (TPSA) is 122 Å². The third-order valence-corrected chi connectivity index (χ3v) is 6.44. The molecule has 0 saturated carbocycles. The number of sulfonamides is 1. The Kier molecular flexibility index (Phi) is 4.83. The van der Waals surface area contributed by atoms with Gasteiger partial charge in [-0.3, -0.25) is 9.59 Å². The van der Waals surface area contributed by atoms with Gasteiger partial charge in [0, 0.05) is 29.9 Å². The molecular formula is C20H20N4O4S. The number of fused-ring (bicyclic) bond motifs is 1. The Bertz CT molecular complexity index is 1130. The summed E-state index contributed by atoms with van der Waals surface area (Å²) in [4.78, 5) is 26.2. The van der Waals surface area contributed by atoms with Crippen LogP contribution in [-0.4, -0.2) is 44.1 Å². The predicted molar refractivity (Wildman–Crippen MR) is 108 cm³/mol. The molecule has 2 heterocycles. The lowest BCUT2D eigenvalue weighted by molar-refractivity contribution is -0.121. The fourth-order valence-electron chi connectivity index (χ4n) is 3.69. The van der Waals surface area contributed by atoms with Crippen LogP contribution in [0.5, 0.6) is 0 Å². The van der Waals surface area contributed by atoms with Crippen LogP contribution in [0.2, 0.25) is 0 Å². The van der Waals surface area contributed by atoms with E-state index in [1.54, 1.807) is 42.5 Å². The molecule has 0 aliphatic carbocycles. The minimum Gasteiger partial charge on any atom is -0.366 e. The number of likely N-dealkylation sites (tertiary alicyclic amines) is 1. The molecule has 2 aliphatic heterocycles. The van der Waals surface area contributed by atoms with Gasteiger partial charge in [-0.05, 0) is 43.2 Å². The highest BCUT2D eigenvalue weighted by Crippen LogP contribution is 2.30. The molecule has 2 aromatic carbocycles. The second-order valence-corrected chi connectivity index (χ2v) is 8.68. The Morgan fingerprint density at radius 2 is 1.93 bits per heavy atom. The molecule has 4 rings (SSSR count). The van der Waals surface area contributed by atoms with E-state index in [9.17, 15) is 18.0 Å². The average Bonchev–Trinajstić information content (AvgIpc) is 3.00. The molecule has 3 N–H and O–H groups in total. The average molecular weight is 412 g/mol. The van der Waals surface area contributed by atoms with Gasteiger partial charge >= 0.3 is 0 Å². The third kappa shape index (κ3) is 3.73. The summed E-state index contributed by atoms with van der Waals surface area (Å²) in [7, 11) is -3.70. The highest BCUT2D eigenvalue weighted by atomic mass is 32.2. The Balaban J connectivity index is 1.51. The maximum Gasteiger partial charge on any atom is 0.285 e. The third-order valence-electron chi connectivity index (χ3n) is 5.12. The number of nitrogens with two attached hydrogens (primary N) is 1. The number of anilines is 1. The van der Waals surface area contributed by atoms with Crippen LogP contribution in [0.1, 0.15) is 28.8 Å². The van der Waals surface area contributed by atoms with E-state index in [2.05, 4.69) is 9.71 Å². The van der Waals surface area contributed by atoms with Gasteiger partial charge < -0.3 is 16.0 Å². The smallest absolute Gasteiger partial charge is 0.285 e. The summed E-state index contributed by atoms with van der Waals surface area (Å²) in [5.41, 5.74) is 6.67. The summed E-state index contributed by atoms with van der Waals surface area (Å²) in [6, 6.07) is 13.2. The van der Waals surface area contributed by atoms with Gasteiger partial charge in [0.05, 0.1) is 5.92 Å². The number of amides is 2. The molecule has 0 radical (unpaired) electrons. The number of hydrogen-bond acceptors (Lipinski definition) is 5. The van der Waals surface area contributed by atoms with Crippen molar-refractivity contribution < 1.29 is 18.0 Å². The van der Waals surface area contributed by atoms with E-state index in [1.807, 2.05) is 4.90 Å². The molecule has 0 bridgehead atoms. The Morgan fingerprint density at radius 3 is 2.72 bits per heavy atom. The van der Waals surface area contributed by atoms with E-state index in [4.69, 9.17) is 5.73 Å². The second kappa shape index (κ2) is 7.32. The minimum absolute atomic E-state index is 0.189. The van der Waals surface area contributed by atoms with E-state index in [0.717, 1.165) is 6.42 Å². The molecule has 0 spiro atoms. The van der Waals surface area contributed by atoms with Crippen LogP contribution < -0.4 is 11.1 Å². The van der Waals surface area contributed by atoms with Gasteiger partial charge in [-0.15, -0.1) is 4.40 Å². The fraction of sp³-hybridized carbons (Fsp3) is 0.250. The first kappa shape index (κ1) is 19.1. The largest absolute Gasteiger partial charge is 0.366 e. The van der Waals surface area contributed by atoms with E-state index in [-0.39, 0.29) is 16.7 Å². The number of piperidine rings is 1. The molecule has 1 atom stereocenters. The Hall–Kier alpha value is -3.20. The Labute approximate surface area is 168 Å². The van der Waals surface area contributed by atoms with Crippen molar-refractivity contribution in [2.24, 2.45) is 16.0 Å². The molecule has 29 heavy (non-hydrogen) atoms. The summed E-state index contributed by atoms with van der Waals surface area (Å²) in [6.45, 7) is 0.994. The van der Waals surface area contributed by atoms with Crippen LogP contribution >= 0.6 is 0 Å². The van der Waals surface area contributed by atoms with Crippen molar-refractivity contribution in [3.05, 3.63) is 59.7 Å². The molecule has 1 fully saturated rings. The summed E-state index contributed by atoms with van der Waals surface area (Å²) in [5, 5.41) is 2.82. The van der Waals surface area contributed by atoms with Crippen molar-refractivity contribution in [3.63, 3.8) is 0 Å². The number of benzene rings is 2. The first-order chi connectivity index (χ1) is 13.8. The van der Waals surface area contributed by atoms with Crippen LogP contribution in [-0.2, 0) is 14.8 Å². The lowest BCUT2D eigenvalue weighted by atomic mass is 9.96. The fourth-order valence-corrected chi connectivity index (χ4v) is 4.92. The molecule has 0 unspecified atom stereocenters. The lowest BCUT2D eigenvalue weighted by Gasteiger charge is -2.33. The monoisotopic (exact) mass is 412 g/mol. The van der Waals surface area contributed by atoms with Crippen molar-refractivity contribution >= 4 is 33.4 Å². The van der Waals surface area contributed by atoms with Gasteiger partial charge in [0.15, 0.2) is 5.84 Å². The zero-order chi connectivity index (χ0) is 20.6. The molecule has 2 aliphatic rings. The number of primary amides is 1. The second-order valence-electron chi connectivity index (χ2n) is 7.11. The van der Waals surface area contributed by atoms with Crippen molar-refractivity contribution in [2.75, 3.05) is 18.4 Å². The van der Waals surface area contributed by atoms with Gasteiger partial charge in [-0.25, -0.2) is 0 Å². The van der Waals surface area contributed by atoms with Crippen LogP contribution in [0.4, 0.5) is 5.69 Å². The van der Waals surface area contributed by atoms with Gasteiger partial charge in [-0.1, -0.05) is 18.2 Å². The van der Waals surface area contributed by atoms with Crippen molar-refractivity contribution in [2.45, 2.75) is 17.7 Å². The molecule has 9 heteroatoms. The molecule has 1 saturated heterocycles.